The molecule has 0 atom stereocenters. The van der Waals surface area contributed by atoms with E-state index >= 15 is 0 Å². The summed E-state index contributed by atoms with van der Waals surface area (Å²) >= 11 is 0. The lowest BCUT2D eigenvalue weighted by Crippen LogP contribution is -2.28. The number of halogens is 1. The second-order valence-corrected chi connectivity index (χ2v) is 7.30. The van der Waals surface area contributed by atoms with E-state index < -0.39 is 11.4 Å². The highest BCUT2D eigenvalue weighted by Crippen LogP contribution is 2.30. The zero-order chi connectivity index (χ0) is 17.2. The van der Waals surface area contributed by atoms with Crippen LogP contribution in [0.25, 0.3) is 10.9 Å². The number of nitrogens with zero attached hydrogens (tertiary/aromatic N) is 1. The summed E-state index contributed by atoms with van der Waals surface area (Å²) in [4.78, 5) is 19.5. The molecule has 1 saturated heterocycles. The van der Waals surface area contributed by atoms with Crippen molar-refractivity contribution in [3.8, 4) is 5.75 Å². The molecule has 1 saturated carbocycles. The molecule has 0 spiro atoms. The minimum atomic E-state index is -0.568. The van der Waals surface area contributed by atoms with E-state index in [0.29, 0.717) is 42.0 Å². The number of hydrogen-bond acceptors (Lipinski definition) is 4. The smallest absolute Gasteiger partial charge is 0.261 e. The molecule has 0 unspecified atom stereocenters. The molecule has 2 aliphatic rings. The molecule has 2 fully saturated rings. The summed E-state index contributed by atoms with van der Waals surface area (Å²) in [5.74, 6) is 1.77. The van der Waals surface area contributed by atoms with E-state index in [0.717, 1.165) is 32.4 Å². The number of H-pyrrole nitrogens is 1. The summed E-state index contributed by atoms with van der Waals surface area (Å²) < 4.78 is 20.0. The van der Waals surface area contributed by atoms with Crippen LogP contribution in [0.4, 0.5) is 4.39 Å². The van der Waals surface area contributed by atoms with Gasteiger partial charge in [0.15, 0.2) is 0 Å². The summed E-state index contributed by atoms with van der Waals surface area (Å²) in [6, 6.07) is 2.97. The van der Waals surface area contributed by atoms with Crippen LogP contribution < -0.4 is 15.6 Å². The monoisotopic (exact) mass is 345 g/mol. The van der Waals surface area contributed by atoms with E-state index in [1.807, 2.05) is 0 Å². The Kier molecular flexibility index (Phi) is 4.70. The Balaban J connectivity index is 1.54. The molecule has 2 N–H and O–H groups in total. The van der Waals surface area contributed by atoms with E-state index in [1.54, 1.807) is 6.07 Å². The molecule has 4 rings (SSSR count). The summed E-state index contributed by atoms with van der Waals surface area (Å²) in [6.07, 6.45) is 6.38. The summed E-state index contributed by atoms with van der Waals surface area (Å²) in [7, 11) is 0. The van der Waals surface area contributed by atoms with Gasteiger partial charge in [0.1, 0.15) is 22.8 Å². The predicted molar refractivity (Wildman–Crippen MR) is 94.5 cm³/mol. The molecule has 1 aromatic carbocycles. The molecule has 0 amide bonds. The van der Waals surface area contributed by atoms with E-state index in [-0.39, 0.29) is 5.39 Å². The van der Waals surface area contributed by atoms with E-state index in [4.69, 9.17) is 4.74 Å². The maximum Gasteiger partial charge on any atom is 0.261 e. The number of aromatic amines is 1. The van der Waals surface area contributed by atoms with Crippen LogP contribution in [0.2, 0.25) is 0 Å². The van der Waals surface area contributed by atoms with Gasteiger partial charge < -0.3 is 15.0 Å². The number of rotatable bonds is 6. The molecule has 2 heterocycles. The van der Waals surface area contributed by atoms with Crippen LogP contribution in [0.5, 0.6) is 5.75 Å². The van der Waals surface area contributed by atoms with Crippen LogP contribution in [-0.2, 0) is 6.42 Å². The van der Waals surface area contributed by atoms with Crippen molar-refractivity contribution in [1.82, 2.24) is 15.3 Å². The van der Waals surface area contributed by atoms with Crippen molar-refractivity contribution in [2.45, 2.75) is 38.5 Å². The lowest BCUT2D eigenvalue weighted by molar-refractivity contribution is 0.299. The molecule has 2 aromatic rings. The Morgan fingerprint density at radius 1 is 1.16 bits per heavy atom. The van der Waals surface area contributed by atoms with Gasteiger partial charge in [-0.15, -0.1) is 0 Å². The number of hydrogen-bond donors (Lipinski definition) is 2. The topological polar surface area (TPSA) is 67.0 Å². The summed E-state index contributed by atoms with van der Waals surface area (Å²) in [6.45, 7) is 2.72. The van der Waals surface area contributed by atoms with E-state index in [9.17, 15) is 9.18 Å². The molecule has 1 aromatic heterocycles. The number of benzene rings is 1. The normalized spacial score (nSPS) is 18.6. The highest BCUT2D eigenvalue weighted by Gasteiger charge is 2.22. The Hall–Kier alpha value is -1.95. The van der Waals surface area contributed by atoms with E-state index in [2.05, 4.69) is 15.3 Å². The average Bonchev–Trinajstić information content (AvgIpc) is 3.43. The molecule has 1 aliphatic heterocycles. The molecule has 134 valence electrons. The fourth-order valence-corrected chi connectivity index (χ4v) is 3.46. The zero-order valence-electron chi connectivity index (χ0n) is 14.3. The molecule has 0 bridgehead atoms. The van der Waals surface area contributed by atoms with E-state index in [1.165, 1.54) is 18.9 Å². The van der Waals surface area contributed by atoms with Gasteiger partial charge in [-0.05, 0) is 57.0 Å². The van der Waals surface area contributed by atoms with Gasteiger partial charge in [-0.2, -0.15) is 0 Å². The standard InChI is InChI=1S/C19H24FN3O2/c20-15-9-14(25-11-13-1-2-13)10-16-18(15)19(24)23-17(22-16)4-3-12-5-7-21-8-6-12/h9-10,12-13,21H,1-8,11H2,(H,22,23,24). The molecule has 25 heavy (non-hydrogen) atoms. The van der Waals surface area contributed by atoms with Crippen molar-refractivity contribution in [3.63, 3.8) is 0 Å². The largest absolute Gasteiger partial charge is 0.493 e. The average molecular weight is 345 g/mol. The number of aryl methyl sites for hydroxylation is 1. The fourth-order valence-electron chi connectivity index (χ4n) is 3.46. The Morgan fingerprint density at radius 3 is 2.72 bits per heavy atom. The van der Waals surface area contributed by atoms with Crippen LogP contribution >= 0.6 is 0 Å². The molecular formula is C19H24FN3O2. The van der Waals surface area contributed by atoms with Crippen molar-refractivity contribution in [3.05, 3.63) is 34.1 Å². The van der Waals surface area contributed by atoms with Crippen LogP contribution in [0.1, 0.15) is 37.9 Å². The highest BCUT2D eigenvalue weighted by molar-refractivity contribution is 5.79. The van der Waals surface area contributed by atoms with Crippen LogP contribution in [-0.4, -0.2) is 29.7 Å². The second kappa shape index (κ2) is 7.12. The SMILES string of the molecule is O=c1[nH]c(CCC2CCNCC2)nc2cc(OCC3CC3)cc(F)c12. The molecule has 5 nitrogen and oxygen atoms in total. The third-order valence-corrected chi connectivity index (χ3v) is 5.21. The first-order valence-corrected chi connectivity index (χ1v) is 9.25. The Labute approximate surface area is 146 Å². The molecule has 0 radical (unpaired) electrons. The summed E-state index contributed by atoms with van der Waals surface area (Å²) in [5, 5.41) is 3.37. The number of nitrogens with one attached hydrogen (secondary N) is 2. The van der Waals surface area contributed by atoms with Gasteiger partial charge in [-0.3, -0.25) is 4.79 Å². The lowest BCUT2D eigenvalue weighted by atomic mass is 9.93. The first-order valence-electron chi connectivity index (χ1n) is 9.25. The van der Waals surface area contributed by atoms with Crippen LogP contribution in [0.3, 0.4) is 0 Å². The highest BCUT2D eigenvalue weighted by atomic mass is 19.1. The van der Waals surface area contributed by atoms with Crippen molar-refractivity contribution in [2.75, 3.05) is 19.7 Å². The molecule has 6 heteroatoms. The van der Waals surface area contributed by atoms with Crippen LogP contribution in [0, 0.1) is 17.7 Å². The number of fused-ring (bicyclic) bond motifs is 1. The number of piperidine rings is 1. The van der Waals surface area contributed by atoms with Gasteiger partial charge in [0.2, 0.25) is 0 Å². The quantitative estimate of drug-likeness (QED) is 0.845. The fraction of sp³-hybridized carbons (Fsp3) is 0.579. The maximum absolute atomic E-state index is 14.3. The van der Waals surface area contributed by atoms with Gasteiger partial charge in [0.25, 0.3) is 5.56 Å². The Bertz CT molecular complexity index is 810. The minimum absolute atomic E-state index is 0.0180. The van der Waals surface area contributed by atoms with Gasteiger partial charge in [0, 0.05) is 18.6 Å². The maximum atomic E-state index is 14.3. The third kappa shape index (κ3) is 4.00. The third-order valence-electron chi connectivity index (χ3n) is 5.21. The molecule has 1 aliphatic carbocycles. The van der Waals surface area contributed by atoms with Crippen molar-refractivity contribution >= 4 is 10.9 Å². The molecular weight excluding hydrogens is 321 g/mol. The van der Waals surface area contributed by atoms with Crippen LogP contribution in [0.15, 0.2) is 16.9 Å². The van der Waals surface area contributed by atoms with Gasteiger partial charge in [0.05, 0.1) is 12.1 Å². The van der Waals surface area contributed by atoms with Gasteiger partial charge in [-0.1, -0.05) is 0 Å². The summed E-state index contributed by atoms with van der Waals surface area (Å²) in [5.41, 5.74) is -0.0218. The van der Waals surface area contributed by atoms with Crippen molar-refractivity contribution < 1.29 is 9.13 Å². The predicted octanol–water partition coefficient (Wildman–Crippen LogP) is 2.78. The first-order chi connectivity index (χ1) is 12.2. The lowest BCUT2D eigenvalue weighted by Gasteiger charge is -2.22. The van der Waals surface area contributed by atoms with Crippen molar-refractivity contribution in [2.24, 2.45) is 11.8 Å². The number of ether oxygens (including phenoxy) is 1. The second-order valence-electron chi connectivity index (χ2n) is 7.30. The van der Waals surface area contributed by atoms with Gasteiger partial charge in [-0.25, -0.2) is 9.37 Å². The van der Waals surface area contributed by atoms with Gasteiger partial charge >= 0.3 is 0 Å². The minimum Gasteiger partial charge on any atom is -0.493 e. The first kappa shape index (κ1) is 16.5. The zero-order valence-corrected chi connectivity index (χ0v) is 14.3. The number of aromatic nitrogens is 2. The Morgan fingerprint density at radius 2 is 1.96 bits per heavy atom. The van der Waals surface area contributed by atoms with Crippen molar-refractivity contribution in [1.29, 1.82) is 0 Å².